The van der Waals surface area contributed by atoms with E-state index in [4.69, 9.17) is 11.6 Å². The van der Waals surface area contributed by atoms with Gasteiger partial charge in [-0.3, -0.25) is 0 Å². The van der Waals surface area contributed by atoms with E-state index in [0.29, 0.717) is 17.1 Å². The lowest BCUT2D eigenvalue weighted by molar-refractivity contribution is 0.620. The Balaban J connectivity index is 2.07. The van der Waals surface area contributed by atoms with Crippen molar-refractivity contribution in [3.05, 3.63) is 17.0 Å². The van der Waals surface area contributed by atoms with Crippen molar-refractivity contribution < 1.29 is 0 Å². The molecule has 1 fully saturated rings. The molecule has 0 atom stereocenters. The van der Waals surface area contributed by atoms with Crippen molar-refractivity contribution in [1.82, 2.24) is 9.97 Å². The van der Waals surface area contributed by atoms with Gasteiger partial charge in [-0.25, -0.2) is 9.97 Å². The predicted molar refractivity (Wildman–Crippen MR) is 71.5 cm³/mol. The molecule has 2 rings (SSSR count). The summed E-state index contributed by atoms with van der Waals surface area (Å²) in [7, 11) is 0. The van der Waals surface area contributed by atoms with Crippen molar-refractivity contribution in [2.45, 2.75) is 52.0 Å². The number of nitrogens with zero attached hydrogens (tertiary/aromatic N) is 2. The van der Waals surface area contributed by atoms with Crippen molar-refractivity contribution in [3.8, 4) is 0 Å². The molecule has 1 saturated carbocycles. The molecular formula is C13H20ClN3. The van der Waals surface area contributed by atoms with Crippen LogP contribution in [0.25, 0.3) is 0 Å². The maximum absolute atomic E-state index is 6.03. The number of hydrogen-bond acceptors (Lipinski definition) is 3. The van der Waals surface area contributed by atoms with Gasteiger partial charge in [0.05, 0.1) is 0 Å². The molecule has 1 N–H and O–H groups in total. The molecule has 1 aliphatic rings. The quantitative estimate of drug-likeness (QED) is 0.832. The third-order valence-electron chi connectivity index (χ3n) is 3.04. The van der Waals surface area contributed by atoms with E-state index in [0.717, 1.165) is 18.1 Å². The topological polar surface area (TPSA) is 37.8 Å². The highest BCUT2D eigenvalue weighted by atomic mass is 35.5. The maximum Gasteiger partial charge on any atom is 0.134 e. The van der Waals surface area contributed by atoms with Crippen molar-refractivity contribution in [3.63, 3.8) is 0 Å². The first kappa shape index (κ1) is 12.6. The van der Waals surface area contributed by atoms with Gasteiger partial charge in [-0.05, 0) is 18.8 Å². The minimum atomic E-state index is 0.538. The summed E-state index contributed by atoms with van der Waals surface area (Å²) in [5.41, 5.74) is 0. The van der Waals surface area contributed by atoms with E-state index in [1.54, 1.807) is 0 Å². The van der Waals surface area contributed by atoms with Crippen LogP contribution in [0.4, 0.5) is 5.82 Å². The van der Waals surface area contributed by atoms with E-state index in [9.17, 15) is 0 Å². The lowest BCUT2D eigenvalue weighted by Gasteiger charge is -2.14. The molecule has 1 aromatic heterocycles. The third kappa shape index (κ3) is 3.84. The van der Waals surface area contributed by atoms with E-state index in [1.165, 1.54) is 25.7 Å². The zero-order chi connectivity index (χ0) is 12.3. The lowest BCUT2D eigenvalue weighted by Crippen LogP contribution is -2.16. The minimum absolute atomic E-state index is 0.538. The molecule has 1 aromatic rings. The van der Waals surface area contributed by atoms with Crippen LogP contribution in [0.15, 0.2) is 6.07 Å². The van der Waals surface area contributed by atoms with Crippen LogP contribution in [0.1, 0.15) is 45.4 Å². The SMILES string of the molecule is CC(C)Cc1nc(Cl)cc(NC2CCCC2)n1. The molecule has 17 heavy (non-hydrogen) atoms. The Kier molecular flexibility index (Phi) is 4.21. The van der Waals surface area contributed by atoms with Crippen LogP contribution in [0.2, 0.25) is 5.15 Å². The van der Waals surface area contributed by atoms with Gasteiger partial charge >= 0.3 is 0 Å². The lowest BCUT2D eigenvalue weighted by atomic mass is 10.1. The monoisotopic (exact) mass is 253 g/mol. The summed E-state index contributed by atoms with van der Waals surface area (Å²) in [6, 6.07) is 2.39. The second kappa shape index (κ2) is 5.67. The molecule has 3 nitrogen and oxygen atoms in total. The van der Waals surface area contributed by atoms with Gasteiger partial charge in [-0.2, -0.15) is 0 Å². The van der Waals surface area contributed by atoms with Crippen LogP contribution in [0, 0.1) is 5.92 Å². The van der Waals surface area contributed by atoms with Gasteiger partial charge in [0.15, 0.2) is 0 Å². The van der Waals surface area contributed by atoms with E-state index in [1.807, 2.05) is 6.07 Å². The highest BCUT2D eigenvalue weighted by Gasteiger charge is 2.15. The number of hydrogen-bond donors (Lipinski definition) is 1. The Labute approximate surface area is 108 Å². The molecule has 1 heterocycles. The van der Waals surface area contributed by atoms with Gasteiger partial charge in [0, 0.05) is 18.5 Å². The van der Waals surface area contributed by atoms with Crippen LogP contribution >= 0.6 is 11.6 Å². The summed E-state index contributed by atoms with van der Waals surface area (Å²) >= 11 is 6.03. The van der Waals surface area contributed by atoms with Gasteiger partial charge in [0.1, 0.15) is 16.8 Å². The summed E-state index contributed by atoms with van der Waals surface area (Å²) < 4.78 is 0. The van der Waals surface area contributed by atoms with Crippen molar-refractivity contribution in [2.75, 3.05) is 5.32 Å². The van der Waals surface area contributed by atoms with Gasteiger partial charge in [-0.1, -0.05) is 38.3 Å². The Bertz CT molecular complexity index is 373. The van der Waals surface area contributed by atoms with Crippen molar-refractivity contribution in [1.29, 1.82) is 0 Å². The first-order valence-electron chi connectivity index (χ1n) is 6.43. The van der Waals surface area contributed by atoms with Gasteiger partial charge in [0.2, 0.25) is 0 Å². The zero-order valence-corrected chi connectivity index (χ0v) is 11.3. The molecule has 0 bridgehead atoms. The number of aromatic nitrogens is 2. The molecule has 0 amide bonds. The molecule has 4 heteroatoms. The van der Waals surface area contributed by atoms with Gasteiger partial charge in [0.25, 0.3) is 0 Å². The highest BCUT2D eigenvalue weighted by molar-refractivity contribution is 6.29. The largest absolute Gasteiger partial charge is 0.367 e. The van der Waals surface area contributed by atoms with E-state index < -0.39 is 0 Å². The second-order valence-corrected chi connectivity index (χ2v) is 5.60. The summed E-state index contributed by atoms with van der Waals surface area (Å²) in [5, 5.41) is 4.00. The van der Waals surface area contributed by atoms with E-state index in [2.05, 4.69) is 29.1 Å². The molecule has 94 valence electrons. The number of nitrogens with one attached hydrogen (secondary N) is 1. The minimum Gasteiger partial charge on any atom is -0.367 e. The molecule has 0 aliphatic heterocycles. The standard InChI is InChI=1S/C13H20ClN3/c1-9(2)7-12-16-11(14)8-13(17-12)15-10-5-3-4-6-10/h8-10H,3-7H2,1-2H3,(H,15,16,17). The van der Waals surface area contributed by atoms with Crippen LogP contribution in [-0.2, 0) is 6.42 Å². The average Bonchev–Trinajstić information content (AvgIpc) is 2.67. The summed E-state index contributed by atoms with van der Waals surface area (Å²) in [6.07, 6.45) is 5.98. The molecular weight excluding hydrogens is 234 g/mol. The van der Waals surface area contributed by atoms with E-state index >= 15 is 0 Å². The average molecular weight is 254 g/mol. The molecule has 0 aromatic carbocycles. The fourth-order valence-corrected chi connectivity index (χ4v) is 2.48. The first-order valence-corrected chi connectivity index (χ1v) is 6.81. The van der Waals surface area contributed by atoms with E-state index in [-0.39, 0.29) is 0 Å². The first-order chi connectivity index (χ1) is 8.13. The van der Waals surface area contributed by atoms with Crippen LogP contribution < -0.4 is 5.32 Å². The van der Waals surface area contributed by atoms with Gasteiger partial charge < -0.3 is 5.32 Å². The van der Waals surface area contributed by atoms with Crippen molar-refractivity contribution >= 4 is 17.4 Å². The Morgan fingerprint density at radius 2 is 2.06 bits per heavy atom. The molecule has 0 saturated heterocycles. The Morgan fingerprint density at radius 3 is 2.71 bits per heavy atom. The second-order valence-electron chi connectivity index (χ2n) is 5.22. The number of anilines is 1. The third-order valence-corrected chi connectivity index (χ3v) is 3.23. The molecule has 0 unspecified atom stereocenters. The predicted octanol–water partition coefficient (Wildman–Crippen LogP) is 3.68. The summed E-state index contributed by atoms with van der Waals surface area (Å²) in [6.45, 7) is 4.32. The fraction of sp³-hybridized carbons (Fsp3) is 0.692. The van der Waals surface area contributed by atoms with Crippen LogP contribution in [0.3, 0.4) is 0 Å². The Morgan fingerprint density at radius 1 is 1.35 bits per heavy atom. The zero-order valence-electron chi connectivity index (χ0n) is 10.5. The van der Waals surface area contributed by atoms with Gasteiger partial charge in [-0.15, -0.1) is 0 Å². The smallest absolute Gasteiger partial charge is 0.134 e. The molecule has 0 spiro atoms. The molecule has 1 aliphatic carbocycles. The maximum atomic E-state index is 6.03. The summed E-state index contributed by atoms with van der Waals surface area (Å²) in [4.78, 5) is 8.79. The normalized spacial score (nSPS) is 16.7. The highest BCUT2D eigenvalue weighted by Crippen LogP contribution is 2.22. The summed E-state index contributed by atoms with van der Waals surface area (Å²) in [5.74, 6) is 2.27. The Hall–Kier alpha value is -0.830. The molecule has 0 radical (unpaired) electrons. The number of halogens is 1. The number of rotatable bonds is 4. The van der Waals surface area contributed by atoms with Crippen LogP contribution in [0.5, 0.6) is 0 Å². The van der Waals surface area contributed by atoms with Crippen LogP contribution in [-0.4, -0.2) is 16.0 Å². The fourth-order valence-electron chi connectivity index (χ4n) is 2.27. The van der Waals surface area contributed by atoms with Crippen molar-refractivity contribution in [2.24, 2.45) is 5.92 Å².